The lowest BCUT2D eigenvalue weighted by molar-refractivity contribution is -0.137. The summed E-state index contributed by atoms with van der Waals surface area (Å²) in [6.45, 7) is 2.76. The quantitative estimate of drug-likeness (QED) is 0.805. The first kappa shape index (κ1) is 19.2. The zero-order valence-electron chi connectivity index (χ0n) is 15.2. The number of anilines is 1. The molecule has 2 heterocycles. The fourth-order valence-electron chi connectivity index (χ4n) is 3.13. The van der Waals surface area contributed by atoms with Gasteiger partial charge >= 0.3 is 11.9 Å². The maximum absolute atomic E-state index is 13.0. The second-order valence-electron chi connectivity index (χ2n) is 6.76. The number of hydrogen-bond donors (Lipinski definition) is 0. The Bertz CT molecular complexity index is 941. The molecule has 1 aliphatic heterocycles. The molecule has 27 heavy (non-hydrogen) atoms. The van der Waals surface area contributed by atoms with Gasteiger partial charge in [-0.05, 0) is 24.7 Å². The number of likely N-dealkylation sites (N-methyl/N-ethyl adjacent to an activating group) is 1. The first-order chi connectivity index (χ1) is 12.7. The van der Waals surface area contributed by atoms with E-state index >= 15 is 0 Å². The Hall–Kier alpha value is -2.55. The maximum Gasteiger partial charge on any atom is 0.416 e. The second-order valence-corrected chi connectivity index (χ2v) is 6.76. The van der Waals surface area contributed by atoms with Gasteiger partial charge in [-0.2, -0.15) is 13.2 Å². The van der Waals surface area contributed by atoms with Gasteiger partial charge in [-0.3, -0.25) is 13.9 Å². The number of rotatable bonds is 3. The molecule has 0 aliphatic carbocycles. The summed E-state index contributed by atoms with van der Waals surface area (Å²) in [5.41, 5.74) is -1.40. The van der Waals surface area contributed by atoms with E-state index in [2.05, 4.69) is 4.90 Å². The van der Waals surface area contributed by atoms with Gasteiger partial charge in [0, 0.05) is 39.3 Å². The van der Waals surface area contributed by atoms with Crippen LogP contribution >= 0.6 is 0 Å². The molecule has 6 nitrogen and oxygen atoms in total. The SMILES string of the molecule is CN1CCN(c2cc(=O)n(C)c(=O)n2Cc2cccc(C(F)(F)F)c2)CC1. The Labute approximate surface area is 154 Å². The number of alkyl halides is 3. The Morgan fingerprint density at radius 3 is 2.30 bits per heavy atom. The van der Waals surface area contributed by atoms with Crippen LogP contribution in [0.15, 0.2) is 39.9 Å². The van der Waals surface area contributed by atoms with Gasteiger partial charge in [-0.25, -0.2) is 4.79 Å². The van der Waals surface area contributed by atoms with Crippen LogP contribution < -0.4 is 16.1 Å². The predicted molar refractivity (Wildman–Crippen MR) is 96.2 cm³/mol. The molecule has 0 radical (unpaired) electrons. The van der Waals surface area contributed by atoms with Crippen molar-refractivity contribution in [3.05, 3.63) is 62.3 Å². The van der Waals surface area contributed by atoms with Gasteiger partial charge in [0.2, 0.25) is 0 Å². The summed E-state index contributed by atoms with van der Waals surface area (Å²) >= 11 is 0. The highest BCUT2D eigenvalue weighted by Gasteiger charge is 2.30. The van der Waals surface area contributed by atoms with Crippen LogP contribution in [0.1, 0.15) is 11.1 Å². The van der Waals surface area contributed by atoms with Crippen LogP contribution in [0.4, 0.5) is 19.0 Å². The van der Waals surface area contributed by atoms with Crippen LogP contribution in [0.2, 0.25) is 0 Å². The van der Waals surface area contributed by atoms with Gasteiger partial charge in [0.05, 0.1) is 12.1 Å². The molecule has 0 saturated carbocycles. The van der Waals surface area contributed by atoms with Crippen molar-refractivity contribution in [1.29, 1.82) is 0 Å². The van der Waals surface area contributed by atoms with Crippen molar-refractivity contribution in [3.8, 4) is 0 Å². The minimum absolute atomic E-state index is 0.0431. The molecule has 1 aliphatic rings. The van der Waals surface area contributed by atoms with E-state index in [9.17, 15) is 22.8 Å². The Morgan fingerprint density at radius 1 is 1.00 bits per heavy atom. The molecule has 146 valence electrons. The number of hydrogen-bond acceptors (Lipinski definition) is 4. The summed E-state index contributed by atoms with van der Waals surface area (Å²) in [6, 6.07) is 6.27. The zero-order valence-corrected chi connectivity index (χ0v) is 15.2. The molecule has 3 rings (SSSR count). The van der Waals surface area contributed by atoms with Gasteiger partial charge in [0.25, 0.3) is 5.56 Å². The molecule has 1 aromatic carbocycles. The van der Waals surface area contributed by atoms with Crippen molar-refractivity contribution in [2.75, 3.05) is 38.1 Å². The molecule has 0 bridgehead atoms. The van der Waals surface area contributed by atoms with Crippen LogP contribution in [-0.4, -0.2) is 47.3 Å². The highest BCUT2D eigenvalue weighted by molar-refractivity contribution is 5.40. The van der Waals surface area contributed by atoms with Crippen LogP contribution in [0, 0.1) is 0 Å². The van der Waals surface area contributed by atoms with Crippen molar-refractivity contribution in [2.45, 2.75) is 12.7 Å². The van der Waals surface area contributed by atoms with Crippen LogP contribution in [-0.2, 0) is 19.8 Å². The van der Waals surface area contributed by atoms with Crippen molar-refractivity contribution in [1.82, 2.24) is 14.0 Å². The molecule has 1 saturated heterocycles. The maximum atomic E-state index is 13.0. The van der Waals surface area contributed by atoms with E-state index in [-0.39, 0.29) is 6.54 Å². The van der Waals surface area contributed by atoms with Crippen LogP contribution in [0.5, 0.6) is 0 Å². The van der Waals surface area contributed by atoms with Crippen molar-refractivity contribution >= 4 is 5.82 Å². The Balaban J connectivity index is 2.03. The number of nitrogens with zero attached hydrogens (tertiary/aromatic N) is 4. The highest BCUT2D eigenvalue weighted by Crippen LogP contribution is 2.29. The number of benzene rings is 1. The molecule has 2 aromatic rings. The monoisotopic (exact) mass is 382 g/mol. The minimum atomic E-state index is -4.45. The standard InChI is InChI=1S/C18H21F3N4O2/c1-22-6-8-24(9-7-22)15-11-16(26)23(2)17(27)25(15)12-13-4-3-5-14(10-13)18(19,20)21/h3-5,10-11H,6-9,12H2,1-2H3. The van der Waals surface area contributed by atoms with E-state index in [1.165, 1.54) is 23.7 Å². The molecule has 1 aromatic heterocycles. The number of halogens is 3. The van der Waals surface area contributed by atoms with Gasteiger partial charge in [-0.15, -0.1) is 0 Å². The topological polar surface area (TPSA) is 50.5 Å². The van der Waals surface area contributed by atoms with Gasteiger partial charge in [0.1, 0.15) is 5.82 Å². The molecule has 0 atom stereocenters. The molecule has 0 spiro atoms. The number of piperazine rings is 1. The Kier molecular flexibility index (Phi) is 5.14. The van der Waals surface area contributed by atoms with E-state index in [4.69, 9.17) is 0 Å². The van der Waals surface area contributed by atoms with E-state index in [1.807, 2.05) is 11.9 Å². The van der Waals surface area contributed by atoms with Crippen LogP contribution in [0.3, 0.4) is 0 Å². The summed E-state index contributed by atoms with van der Waals surface area (Å²) in [4.78, 5) is 28.9. The van der Waals surface area contributed by atoms with Gasteiger partial charge < -0.3 is 9.80 Å². The smallest absolute Gasteiger partial charge is 0.355 e. The fourth-order valence-corrected chi connectivity index (χ4v) is 3.13. The lowest BCUT2D eigenvalue weighted by Gasteiger charge is -2.35. The van der Waals surface area contributed by atoms with Crippen molar-refractivity contribution < 1.29 is 13.2 Å². The molecular weight excluding hydrogens is 361 g/mol. The summed E-state index contributed by atoms with van der Waals surface area (Å²) < 4.78 is 41.3. The molecular formula is C18H21F3N4O2. The summed E-state index contributed by atoms with van der Waals surface area (Å²) in [5.74, 6) is 0.439. The highest BCUT2D eigenvalue weighted by atomic mass is 19.4. The summed E-state index contributed by atoms with van der Waals surface area (Å²) in [5, 5.41) is 0. The third-order valence-corrected chi connectivity index (χ3v) is 4.80. The lowest BCUT2D eigenvalue weighted by Crippen LogP contribution is -2.48. The van der Waals surface area contributed by atoms with E-state index in [1.54, 1.807) is 6.07 Å². The van der Waals surface area contributed by atoms with Crippen molar-refractivity contribution in [3.63, 3.8) is 0 Å². The molecule has 9 heteroatoms. The predicted octanol–water partition coefficient (Wildman–Crippen LogP) is 1.37. The Morgan fingerprint density at radius 2 is 1.67 bits per heavy atom. The molecule has 1 fully saturated rings. The second kappa shape index (κ2) is 7.22. The first-order valence-corrected chi connectivity index (χ1v) is 8.57. The van der Waals surface area contributed by atoms with E-state index < -0.39 is 23.0 Å². The molecule has 0 N–H and O–H groups in total. The van der Waals surface area contributed by atoms with E-state index in [0.29, 0.717) is 24.5 Å². The molecule has 0 amide bonds. The average molecular weight is 382 g/mol. The first-order valence-electron chi connectivity index (χ1n) is 8.57. The normalized spacial score (nSPS) is 16.0. The van der Waals surface area contributed by atoms with Gasteiger partial charge in [-0.1, -0.05) is 12.1 Å². The van der Waals surface area contributed by atoms with Crippen LogP contribution in [0.25, 0.3) is 0 Å². The zero-order chi connectivity index (χ0) is 19.8. The average Bonchev–Trinajstić information content (AvgIpc) is 2.62. The summed E-state index contributed by atoms with van der Waals surface area (Å²) in [7, 11) is 3.35. The third-order valence-electron chi connectivity index (χ3n) is 4.80. The summed E-state index contributed by atoms with van der Waals surface area (Å²) in [6.07, 6.45) is -4.45. The molecule has 0 unspecified atom stereocenters. The van der Waals surface area contributed by atoms with E-state index in [0.717, 1.165) is 29.8 Å². The lowest BCUT2D eigenvalue weighted by atomic mass is 10.1. The number of aromatic nitrogens is 2. The van der Waals surface area contributed by atoms with Gasteiger partial charge in [0.15, 0.2) is 0 Å². The fraction of sp³-hybridized carbons (Fsp3) is 0.444. The minimum Gasteiger partial charge on any atom is -0.355 e. The largest absolute Gasteiger partial charge is 0.416 e. The van der Waals surface area contributed by atoms with Crippen molar-refractivity contribution in [2.24, 2.45) is 7.05 Å². The third kappa shape index (κ3) is 4.08.